The second-order valence-electron chi connectivity index (χ2n) is 5.52. The van der Waals surface area contributed by atoms with Crippen LogP contribution in [0.4, 0.5) is 5.82 Å². The molecule has 24 heavy (non-hydrogen) atoms. The Morgan fingerprint density at radius 1 is 1.25 bits per heavy atom. The van der Waals surface area contributed by atoms with Crippen molar-refractivity contribution in [2.45, 2.75) is 19.8 Å². The number of carbonyl (C=O) groups is 1. The van der Waals surface area contributed by atoms with E-state index in [-0.39, 0.29) is 18.9 Å². The Labute approximate surface area is 141 Å². The number of aromatic nitrogens is 1. The number of hydrogen-bond acceptors (Lipinski definition) is 5. The summed E-state index contributed by atoms with van der Waals surface area (Å²) in [5.41, 5.74) is 1.05. The van der Waals surface area contributed by atoms with E-state index in [9.17, 15) is 13.2 Å². The Kier molecular flexibility index (Phi) is 6.10. The van der Waals surface area contributed by atoms with Crippen molar-refractivity contribution < 1.29 is 17.7 Å². The van der Waals surface area contributed by atoms with Crippen LogP contribution in [-0.2, 0) is 21.2 Å². The first-order valence-corrected chi connectivity index (χ1v) is 9.41. The predicted octanol–water partition coefficient (Wildman–Crippen LogP) is 1.82. The number of nitrogens with zero attached hydrogens (tertiary/aromatic N) is 2. The molecule has 1 amide bonds. The van der Waals surface area contributed by atoms with Crippen molar-refractivity contribution in [2.24, 2.45) is 0 Å². The Bertz CT molecular complexity index is 772. The third kappa shape index (κ3) is 5.78. The molecule has 0 aliphatic rings. The summed E-state index contributed by atoms with van der Waals surface area (Å²) in [7, 11) is -3.38. The number of aryl methyl sites for hydroxylation is 1. The fraction of sp³-hybridized carbons (Fsp3) is 0.375. The Morgan fingerprint density at radius 3 is 2.54 bits per heavy atom. The zero-order chi connectivity index (χ0) is 17.6. The molecule has 0 bridgehead atoms. The van der Waals surface area contributed by atoms with Crippen LogP contribution in [0.5, 0.6) is 0 Å². The van der Waals surface area contributed by atoms with Gasteiger partial charge in [-0.25, -0.2) is 12.7 Å². The topological polar surface area (TPSA) is 92.5 Å². The molecule has 0 spiro atoms. The number of amides is 1. The van der Waals surface area contributed by atoms with E-state index in [1.54, 1.807) is 13.0 Å². The first-order chi connectivity index (χ1) is 11.3. The fourth-order valence-corrected chi connectivity index (χ4v) is 3.04. The maximum Gasteiger partial charge on any atom is 0.226 e. The van der Waals surface area contributed by atoms with E-state index in [2.05, 4.69) is 10.5 Å². The van der Waals surface area contributed by atoms with E-state index in [1.807, 2.05) is 30.3 Å². The summed E-state index contributed by atoms with van der Waals surface area (Å²) in [5, 5.41) is 6.25. The van der Waals surface area contributed by atoms with Gasteiger partial charge in [0.1, 0.15) is 5.76 Å². The van der Waals surface area contributed by atoms with Gasteiger partial charge in [-0.2, -0.15) is 0 Å². The molecule has 0 unspecified atom stereocenters. The molecule has 0 atom stereocenters. The largest absolute Gasteiger partial charge is 0.360 e. The Hall–Kier alpha value is -2.19. The third-order valence-electron chi connectivity index (χ3n) is 3.45. The van der Waals surface area contributed by atoms with E-state index >= 15 is 0 Å². The van der Waals surface area contributed by atoms with E-state index in [0.717, 1.165) is 11.8 Å². The van der Waals surface area contributed by atoms with Gasteiger partial charge in [-0.3, -0.25) is 4.79 Å². The summed E-state index contributed by atoms with van der Waals surface area (Å²) >= 11 is 0. The van der Waals surface area contributed by atoms with E-state index in [0.29, 0.717) is 24.5 Å². The van der Waals surface area contributed by atoms with Gasteiger partial charge in [0.25, 0.3) is 0 Å². The highest BCUT2D eigenvalue weighted by Gasteiger charge is 2.18. The van der Waals surface area contributed by atoms with Crippen LogP contribution in [0.15, 0.2) is 40.9 Å². The number of anilines is 1. The molecule has 0 fully saturated rings. The van der Waals surface area contributed by atoms with Crippen molar-refractivity contribution in [2.75, 3.05) is 24.7 Å². The van der Waals surface area contributed by atoms with Gasteiger partial charge in [0.2, 0.25) is 15.9 Å². The molecule has 0 aliphatic heterocycles. The minimum absolute atomic E-state index is 0.0494. The second kappa shape index (κ2) is 8.07. The highest BCUT2D eigenvalue weighted by atomic mass is 32.2. The number of rotatable bonds is 8. The fourth-order valence-electron chi connectivity index (χ4n) is 2.20. The first kappa shape index (κ1) is 18.2. The Morgan fingerprint density at radius 2 is 1.96 bits per heavy atom. The van der Waals surface area contributed by atoms with Crippen LogP contribution >= 0.6 is 0 Å². The van der Waals surface area contributed by atoms with Gasteiger partial charge in [0.05, 0.1) is 6.26 Å². The van der Waals surface area contributed by atoms with Crippen molar-refractivity contribution in [3.63, 3.8) is 0 Å². The van der Waals surface area contributed by atoms with Crippen LogP contribution < -0.4 is 5.32 Å². The molecular weight excluding hydrogens is 330 g/mol. The zero-order valence-corrected chi connectivity index (χ0v) is 14.5. The smallest absolute Gasteiger partial charge is 0.226 e. The van der Waals surface area contributed by atoms with Crippen LogP contribution in [0.2, 0.25) is 0 Å². The quantitative estimate of drug-likeness (QED) is 0.783. The highest BCUT2D eigenvalue weighted by Crippen LogP contribution is 2.09. The lowest BCUT2D eigenvalue weighted by Gasteiger charge is -2.19. The standard InChI is InChI=1S/C16H21N3O4S/c1-13-12-15(18-23-13)17-16(20)9-11-19(24(2,21)22)10-8-14-6-4-3-5-7-14/h3-7,12H,8-11H2,1-2H3,(H,17,18,20). The molecule has 8 heteroatoms. The van der Waals surface area contributed by atoms with Gasteiger partial charge in [-0.1, -0.05) is 35.5 Å². The van der Waals surface area contributed by atoms with Crippen molar-refractivity contribution in [3.8, 4) is 0 Å². The van der Waals surface area contributed by atoms with Crippen molar-refractivity contribution in [3.05, 3.63) is 47.7 Å². The van der Waals surface area contributed by atoms with Gasteiger partial charge in [0, 0.05) is 25.6 Å². The summed E-state index contributed by atoms with van der Waals surface area (Å²) in [5.74, 6) is 0.607. The molecule has 0 saturated heterocycles. The lowest BCUT2D eigenvalue weighted by atomic mass is 10.1. The van der Waals surface area contributed by atoms with Gasteiger partial charge >= 0.3 is 0 Å². The molecule has 7 nitrogen and oxygen atoms in total. The molecule has 1 N–H and O–H groups in total. The number of nitrogens with one attached hydrogen (secondary N) is 1. The average Bonchev–Trinajstić information content (AvgIpc) is 2.92. The van der Waals surface area contributed by atoms with Crippen LogP contribution in [-0.4, -0.2) is 43.1 Å². The minimum atomic E-state index is -3.38. The molecular formula is C16H21N3O4S. The first-order valence-electron chi connectivity index (χ1n) is 7.57. The molecule has 0 aliphatic carbocycles. The second-order valence-corrected chi connectivity index (χ2v) is 7.50. The van der Waals surface area contributed by atoms with Crippen LogP contribution in [0.25, 0.3) is 0 Å². The molecule has 1 aromatic heterocycles. The molecule has 1 heterocycles. The van der Waals surface area contributed by atoms with Gasteiger partial charge < -0.3 is 9.84 Å². The summed E-state index contributed by atoms with van der Waals surface area (Å²) in [6.45, 7) is 2.17. The number of sulfonamides is 1. The van der Waals surface area contributed by atoms with Crippen LogP contribution in [0.1, 0.15) is 17.7 Å². The zero-order valence-electron chi connectivity index (χ0n) is 13.7. The number of hydrogen-bond donors (Lipinski definition) is 1. The molecule has 2 aromatic rings. The maximum absolute atomic E-state index is 11.9. The van der Waals surface area contributed by atoms with Crippen LogP contribution in [0.3, 0.4) is 0 Å². The maximum atomic E-state index is 11.9. The van der Waals surface area contributed by atoms with E-state index in [4.69, 9.17) is 4.52 Å². The highest BCUT2D eigenvalue weighted by molar-refractivity contribution is 7.88. The van der Waals surface area contributed by atoms with Crippen LogP contribution in [0, 0.1) is 6.92 Å². The summed E-state index contributed by atoms with van der Waals surface area (Å²) in [6.07, 6.45) is 1.79. The van der Waals surface area contributed by atoms with Gasteiger partial charge in [0.15, 0.2) is 5.82 Å². The molecule has 0 radical (unpaired) electrons. The molecule has 2 rings (SSSR count). The normalized spacial score (nSPS) is 11.6. The third-order valence-corrected chi connectivity index (χ3v) is 4.75. The minimum Gasteiger partial charge on any atom is -0.360 e. The van der Waals surface area contributed by atoms with Gasteiger partial charge in [-0.15, -0.1) is 0 Å². The molecule has 130 valence electrons. The number of carbonyl (C=O) groups excluding carboxylic acids is 1. The number of benzene rings is 1. The average molecular weight is 351 g/mol. The van der Waals surface area contributed by atoms with E-state index in [1.165, 1.54) is 4.31 Å². The monoisotopic (exact) mass is 351 g/mol. The predicted molar refractivity (Wildman–Crippen MR) is 91.0 cm³/mol. The SMILES string of the molecule is Cc1cc(NC(=O)CCN(CCc2ccccc2)S(C)(=O)=O)no1. The lowest BCUT2D eigenvalue weighted by Crippen LogP contribution is -2.34. The van der Waals surface area contributed by atoms with E-state index < -0.39 is 10.0 Å². The van der Waals surface area contributed by atoms with Crippen molar-refractivity contribution in [1.29, 1.82) is 0 Å². The Balaban J connectivity index is 1.88. The lowest BCUT2D eigenvalue weighted by molar-refractivity contribution is -0.116. The van der Waals surface area contributed by atoms with Crippen molar-refractivity contribution >= 4 is 21.7 Å². The van der Waals surface area contributed by atoms with Crippen molar-refractivity contribution in [1.82, 2.24) is 9.46 Å². The van der Waals surface area contributed by atoms with Gasteiger partial charge in [-0.05, 0) is 18.9 Å². The molecule has 0 saturated carbocycles. The summed E-state index contributed by atoms with van der Waals surface area (Å²) in [4.78, 5) is 11.9. The summed E-state index contributed by atoms with van der Waals surface area (Å²) < 4.78 is 30.0. The summed E-state index contributed by atoms with van der Waals surface area (Å²) in [6, 6.07) is 11.2. The molecule has 1 aromatic carbocycles.